The van der Waals surface area contributed by atoms with Crippen molar-refractivity contribution in [1.82, 2.24) is 10.3 Å². The maximum Gasteiger partial charge on any atom is 0.251 e. The number of amides is 1. The van der Waals surface area contributed by atoms with Gasteiger partial charge in [0.05, 0.1) is 6.26 Å². The van der Waals surface area contributed by atoms with Gasteiger partial charge in [0.1, 0.15) is 11.3 Å². The first-order valence-corrected chi connectivity index (χ1v) is 7.76. The van der Waals surface area contributed by atoms with Crippen molar-refractivity contribution < 1.29 is 13.6 Å². The molecule has 2 heterocycles. The summed E-state index contributed by atoms with van der Waals surface area (Å²) in [6.07, 6.45) is 2.29. The van der Waals surface area contributed by atoms with Gasteiger partial charge in [-0.3, -0.25) is 4.79 Å². The molecule has 0 aliphatic rings. The number of furan rings is 1. The highest BCUT2D eigenvalue weighted by atomic mass is 16.3. The number of carbonyl (C=O) groups excluding carboxylic acids is 1. The third-order valence-electron chi connectivity index (χ3n) is 3.63. The van der Waals surface area contributed by atoms with E-state index in [4.69, 9.17) is 8.83 Å². The first kappa shape index (κ1) is 15.3. The zero-order valence-electron chi connectivity index (χ0n) is 13.5. The molecule has 0 saturated carbocycles. The molecule has 5 heteroatoms. The van der Waals surface area contributed by atoms with Crippen LogP contribution in [0.25, 0.3) is 11.1 Å². The SMILES string of the molecule is CC(Cc1ccco1)NC(=O)c1ccc2nc(C(C)C)oc2c1. The summed E-state index contributed by atoms with van der Waals surface area (Å²) in [5.74, 6) is 1.62. The molecule has 0 aliphatic carbocycles. The Bertz CT molecular complexity index is 803. The van der Waals surface area contributed by atoms with Crippen LogP contribution in [0.15, 0.2) is 45.4 Å². The molecule has 3 rings (SSSR count). The zero-order valence-corrected chi connectivity index (χ0v) is 13.5. The van der Waals surface area contributed by atoms with Gasteiger partial charge in [-0.05, 0) is 37.3 Å². The molecule has 23 heavy (non-hydrogen) atoms. The molecule has 0 saturated heterocycles. The molecule has 3 aromatic rings. The molecule has 120 valence electrons. The summed E-state index contributed by atoms with van der Waals surface area (Å²) in [7, 11) is 0. The third-order valence-corrected chi connectivity index (χ3v) is 3.63. The second-order valence-corrected chi connectivity index (χ2v) is 6.05. The van der Waals surface area contributed by atoms with Crippen LogP contribution < -0.4 is 5.32 Å². The molecule has 0 radical (unpaired) electrons. The van der Waals surface area contributed by atoms with Crippen LogP contribution in [-0.4, -0.2) is 16.9 Å². The maximum atomic E-state index is 12.4. The second-order valence-electron chi connectivity index (χ2n) is 6.05. The van der Waals surface area contributed by atoms with E-state index < -0.39 is 0 Å². The van der Waals surface area contributed by atoms with Crippen LogP contribution in [0.1, 0.15) is 48.7 Å². The highest BCUT2D eigenvalue weighted by Crippen LogP contribution is 2.22. The van der Waals surface area contributed by atoms with Crippen molar-refractivity contribution in [1.29, 1.82) is 0 Å². The van der Waals surface area contributed by atoms with E-state index in [0.717, 1.165) is 11.3 Å². The molecule has 1 amide bonds. The molecule has 5 nitrogen and oxygen atoms in total. The summed E-state index contributed by atoms with van der Waals surface area (Å²) >= 11 is 0. The third kappa shape index (κ3) is 3.44. The predicted octanol–water partition coefficient (Wildman–Crippen LogP) is 3.91. The van der Waals surface area contributed by atoms with Crippen LogP contribution in [0.2, 0.25) is 0 Å². The maximum absolute atomic E-state index is 12.4. The molecule has 0 bridgehead atoms. The van der Waals surface area contributed by atoms with Crippen molar-refractivity contribution in [3.05, 3.63) is 53.8 Å². The van der Waals surface area contributed by atoms with E-state index in [0.29, 0.717) is 23.5 Å². The number of nitrogens with zero attached hydrogens (tertiary/aromatic N) is 1. The molecular formula is C18H20N2O3. The first-order valence-electron chi connectivity index (χ1n) is 7.76. The number of nitrogens with one attached hydrogen (secondary N) is 1. The van der Waals surface area contributed by atoms with Gasteiger partial charge in [-0.1, -0.05) is 13.8 Å². The fraction of sp³-hybridized carbons (Fsp3) is 0.333. The lowest BCUT2D eigenvalue weighted by atomic mass is 10.1. The van der Waals surface area contributed by atoms with Gasteiger partial charge in [-0.25, -0.2) is 4.98 Å². The van der Waals surface area contributed by atoms with Gasteiger partial charge in [0.2, 0.25) is 0 Å². The van der Waals surface area contributed by atoms with Gasteiger partial charge in [-0.2, -0.15) is 0 Å². The standard InChI is InChI=1S/C18H20N2O3/c1-11(2)18-20-15-7-6-13(10-16(15)23-18)17(21)19-12(3)9-14-5-4-8-22-14/h4-8,10-12H,9H2,1-3H3,(H,19,21). The lowest BCUT2D eigenvalue weighted by molar-refractivity contribution is 0.0939. The summed E-state index contributed by atoms with van der Waals surface area (Å²) in [4.78, 5) is 16.8. The minimum atomic E-state index is -0.131. The average molecular weight is 312 g/mol. The Hall–Kier alpha value is -2.56. The molecule has 1 unspecified atom stereocenters. The quantitative estimate of drug-likeness (QED) is 0.775. The van der Waals surface area contributed by atoms with Crippen LogP contribution in [0.4, 0.5) is 0 Å². The summed E-state index contributed by atoms with van der Waals surface area (Å²) < 4.78 is 11.0. The number of fused-ring (bicyclic) bond motifs is 1. The van der Waals surface area contributed by atoms with Crippen molar-refractivity contribution in [3.8, 4) is 0 Å². The fourth-order valence-electron chi connectivity index (χ4n) is 2.42. The lowest BCUT2D eigenvalue weighted by Crippen LogP contribution is -2.33. The van der Waals surface area contributed by atoms with Crippen LogP contribution >= 0.6 is 0 Å². The molecule has 1 aromatic carbocycles. The number of oxazole rings is 1. The second kappa shape index (κ2) is 6.28. The van der Waals surface area contributed by atoms with Gasteiger partial charge < -0.3 is 14.2 Å². The highest BCUT2D eigenvalue weighted by Gasteiger charge is 2.14. The number of benzene rings is 1. The summed E-state index contributed by atoms with van der Waals surface area (Å²) in [5.41, 5.74) is 1.98. The van der Waals surface area contributed by atoms with Gasteiger partial charge in [0.25, 0.3) is 5.91 Å². The number of hydrogen-bond acceptors (Lipinski definition) is 4. The van der Waals surface area contributed by atoms with Crippen molar-refractivity contribution in [2.45, 2.75) is 39.2 Å². The van der Waals surface area contributed by atoms with Crippen LogP contribution in [-0.2, 0) is 6.42 Å². The fourth-order valence-corrected chi connectivity index (χ4v) is 2.42. The Morgan fingerprint density at radius 2 is 2.09 bits per heavy atom. The van der Waals surface area contributed by atoms with E-state index in [-0.39, 0.29) is 17.9 Å². The Labute approximate surface area is 134 Å². The van der Waals surface area contributed by atoms with E-state index in [9.17, 15) is 4.79 Å². The molecule has 0 fully saturated rings. The van der Waals surface area contributed by atoms with E-state index in [1.807, 2.05) is 39.0 Å². The largest absolute Gasteiger partial charge is 0.469 e. The van der Waals surface area contributed by atoms with Gasteiger partial charge in [-0.15, -0.1) is 0 Å². The van der Waals surface area contributed by atoms with Crippen LogP contribution in [0, 0.1) is 0 Å². The van der Waals surface area contributed by atoms with Crippen molar-refractivity contribution in [3.63, 3.8) is 0 Å². The number of rotatable bonds is 5. The zero-order chi connectivity index (χ0) is 16.4. The Balaban J connectivity index is 1.72. The van der Waals surface area contributed by atoms with Gasteiger partial charge in [0.15, 0.2) is 11.5 Å². The molecule has 0 aliphatic heterocycles. The molecule has 0 spiro atoms. The highest BCUT2D eigenvalue weighted by molar-refractivity contribution is 5.97. The van der Waals surface area contributed by atoms with E-state index in [2.05, 4.69) is 10.3 Å². The van der Waals surface area contributed by atoms with Crippen molar-refractivity contribution in [2.75, 3.05) is 0 Å². The smallest absolute Gasteiger partial charge is 0.251 e. The van der Waals surface area contributed by atoms with E-state index in [1.54, 1.807) is 18.4 Å². The minimum absolute atomic E-state index is 0.0229. The van der Waals surface area contributed by atoms with Crippen molar-refractivity contribution in [2.24, 2.45) is 0 Å². The summed E-state index contributed by atoms with van der Waals surface area (Å²) in [6, 6.07) is 9.04. The van der Waals surface area contributed by atoms with Gasteiger partial charge in [0, 0.05) is 23.9 Å². The Kier molecular flexibility index (Phi) is 4.19. The topological polar surface area (TPSA) is 68.3 Å². The lowest BCUT2D eigenvalue weighted by Gasteiger charge is -2.12. The monoisotopic (exact) mass is 312 g/mol. The minimum Gasteiger partial charge on any atom is -0.469 e. The summed E-state index contributed by atoms with van der Waals surface area (Å²) in [6.45, 7) is 5.99. The number of hydrogen-bond donors (Lipinski definition) is 1. The average Bonchev–Trinajstić information content (AvgIpc) is 3.14. The Morgan fingerprint density at radius 3 is 2.78 bits per heavy atom. The van der Waals surface area contributed by atoms with Crippen LogP contribution in [0.3, 0.4) is 0 Å². The van der Waals surface area contributed by atoms with E-state index in [1.165, 1.54) is 0 Å². The summed E-state index contributed by atoms with van der Waals surface area (Å²) in [5, 5.41) is 2.97. The predicted molar refractivity (Wildman–Crippen MR) is 87.4 cm³/mol. The number of carbonyl (C=O) groups is 1. The molecule has 1 atom stereocenters. The molecule has 2 aromatic heterocycles. The van der Waals surface area contributed by atoms with Crippen LogP contribution in [0.5, 0.6) is 0 Å². The molecular weight excluding hydrogens is 292 g/mol. The van der Waals surface area contributed by atoms with Gasteiger partial charge >= 0.3 is 0 Å². The number of aromatic nitrogens is 1. The Morgan fingerprint density at radius 1 is 1.26 bits per heavy atom. The van der Waals surface area contributed by atoms with E-state index >= 15 is 0 Å². The molecule has 1 N–H and O–H groups in total. The first-order chi connectivity index (χ1) is 11.0. The van der Waals surface area contributed by atoms with Crippen molar-refractivity contribution >= 4 is 17.0 Å². The normalized spacial score (nSPS) is 12.7.